The summed E-state index contributed by atoms with van der Waals surface area (Å²) in [4.78, 5) is 147. The zero-order chi connectivity index (χ0) is 47.2. The Hall–Kier alpha value is -7.19. The van der Waals surface area contributed by atoms with Gasteiger partial charge in [0.2, 0.25) is 35.2 Å². The van der Waals surface area contributed by atoms with Crippen LogP contribution in [0.25, 0.3) is 0 Å². The number of benzene rings is 2. The second-order valence-electron chi connectivity index (χ2n) is 17.3. The maximum atomic E-state index is 13.7. The summed E-state index contributed by atoms with van der Waals surface area (Å²) in [5, 5.41) is 13.3. The average molecular weight is 934 g/mol. The third-order valence-corrected chi connectivity index (χ3v) is 14.1. The molecule has 2 saturated heterocycles. The maximum Gasteiger partial charge on any atom is 0.292 e. The number of hydrogen-bond donors (Lipinski definition) is 4. The summed E-state index contributed by atoms with van der Waals surface area (Å²) in [6.07, 6.45) is 0.266. The summed E-state index contributed by atoms with van der Waals surface area (Å²) < 4.78 is 0. The van der Waals surface area contributed by atoms with Crippen molar-refractivity contribution in [1.82, 2.24) is 30.7 Å². The second kappa shape index (κ2) is 18.0. The summed E-state index contributed by atoms with van der Waals surface area (Å²) >= 11 is 2.47. The Kier molecular flexibility index (Phi) is 12.4. The number of nitrogens with zero attached hydrogens (tertiary/aromatic N) is 3. The number of Topliss-reactive ketones (excluding diaryl/α,β-unsaturated/α-hetero) is 2. The number of rotatable bonds is 13. The van der Waals surface area contributed by atoms with Gasteiger partial charge in [0, 0.05) is 63.3 Å². The second-order valence-corrected chi connectivity index (χ2v) is 19.2. The highest BCUT2D eigenvalue weighted by atomic mass is 32.1. The van der Waals surface area contributed by atoms with E-state index in [0.29, 0.717) is 32.0 Å². The predicted octanol–water partition coefficient (Wildman–Crippen LogP) is 2.98. The van der Waals surface area contributed by atoms with E-state index in [2.05, 4.69) is 21.3 Å². The number of nitrogens with one attached hydrogen (secondary N) is 4. The van der Waals surface area contributed by atoms with Crippen LogP contribution < -0.4 is 21.3 Å². The van der Waals surface area contributed by atoms with Crippen LogP contribution >= 0.6 is 22.7 Å². The first kappa shape index (κ1) is 45.4. The molecule has 0 spiro atoms. The van der Waals surface area contributed by atoms with Gasteiger partial charge in [-0.1, -0.05) is 39.0 Å². The van der Waals surface area contributed by atoms with Crippen molar-refractivity contribution in [3.63, 3.8) is 0 Å². The Morgan fingerprint density at radius 2 is 1.27 bits per heavy atom. The Morgan fingerprint density at radius 1 is 0.712 bits per heavy atom. The van der Waals surface area contributed by atoms with Gasteiger partial charge < -0.3 is 25.8 Å². The van der Waals surface area contributed by atoms with Crippen LogP contribution in [0, 0.1) is 0 Å². The van der Waals surface area contributed by atoms with Crippen molar-refractivity contribution in [2.24, 2.45) is 0 Å². The molecule has 0 radical (unpaired) electrons. The van der Waals surface area contributed by atoms with E-state index < -0.39 is 77.5 Å². The normalized spacial score (nSPS) is 18.3. The van der Waals surface area contributed by atoms with E-state index in [1.54, 1.807) is 29.0 Å². The third-order valence-electron chi connectivity index (χ3n) is 12.0. The number of piperidine rings is 2. The lowest BCUT2D eigenvalue weighted by molar-refractivity contribution is -0.154. The standard InChI is InChI=1S/C46H43N7O11S2/c1-46(2,3)25-6-4-5-24(15-25)39(58)42(61)48-17-34-28-19-52(44(63)30(28)22-66-34)32-12-14-37(56)53(45(32)64)20-36(55)49-26-9-7-23(8-10-26)38(57)41(60)47-16-33-27-18-51(43(62)29(27)21-65-33)31-11-13-35(54)50-40(31)59/h4-10,15,21-22,31-32H,11-14,16-20H2,1-3H3,(H,47,60)(H,48,61)(H,49,55)(H,50,54,59). The van der Waals surface area contributed by atoms with E-state index in [9.17, 15) is 52.7 Å². The molecular formula is C46H43N7O11S2. The zero-order valence-corrected chi connectivity index (χ0v) is 37.6. The number of hydrogen-bond acceptors (Lipinski definition) is 13. The first-order chi connectivity index (χ1) is 31.4. The number of fused-ring (bicyclic) bond motifs is 2. The van der Waals surface area contributed by atoms with Crippen LogP contribution in [0.3, 0.4) is 0 Å². The molecule has 4 aromatic rings. The fraction of sp³-hybridized carbons (Fsp3) is 0.326. The van der Waals surface area contributed by atoms with Gasteiger partial charge in [-0.25, -0.2) is 0 Å². The van der Waals surface area contributed by atoms with E-state index >= 15 is 0 Å². The zero-order valence-electron chi connectivity index (χ0n) is 35.9. The topological polar surface area (TPSA) is 246 Å². The Morgan fingerprint density at radius 3 is 1.85 bits per heavy atom. The van der Waals surface area contributed by atoms with E-state index in [0.717, 1.165) is 10.5 Å². The fourth-order valence-electron chi connectivity index (χ4n) is 8.32. The largest absolute Gasteiger partial charge is 0.344 e. The molecule has 2 atom stereocenters. The first-order valence-electron chi connectivity index (χ1n) is 21.0. The average Bonchev–Trinajstić information content (AvgIpc) is 4.05. The minimum absolute atomic E-state index is 0.00920. The molecular weight excluding hydrogens is 891 g/mol. The number of amides is 9. The van der Waals surface area contributed by atoms with Crippen molar-refractivity contribution < 1.29 is 52.7 Å². The number of thiophene rings is 2. The molecule has 9 amide bonds. The number of carbonyl (C=O) groups excluding carboxylic acids is 11. The summed E-state index contributed by atoms with van der Waals surface area (Å²) in [6.45, 7) is 5.44. The summed E-state index contributed by atoms with van der Waals surface area (Å²) in [7, 11) is 0. The van der Waals surface area contributed by atoms with Gasteiger partial charge in [0.05, 0.1) is 24.2 Å². The fourth-order valence-corrected chi connectivity index (χ4v) is 10.3. The molecule has 4 aliphatic heterocycles. The van der Waals surface area contributed by atoms with E-state index in [4.69, 9.17) is 0 Å². The van der Waals surface area contributed by atoms with Crippen molar-refractivity contribution in [1.29, 1.82) is 0 Å². The van der Waals surface area contributed by atoms with Gasteiger partial charge in [0.15, 0.2) is 0 Å². The Balaban J connectivity index is 0.820. The molecule has 2 aromatic carbocycles. The lowest BCUT2D eigenvalue weighted by Crippen LogP contribution is -2.56. The first-order valence-corrected chi connectivity index (χ1v) is 22.8. The SMILES string of the molecule is CC(C)(C)c1cccc(C(=O)C(=O)NCc2scc3c2CN(C2CCC(=O)N(CC(=O)Nc4ccc(C(=O)C(=O)NCc5scc6c5CN(C5CCC(=O)NC5=O)C6=O)cc4)C2=O)C3=O)c1. The minimum atomic E-state index is -1.04. The minimum Gasteiger partial charge on any atom is -0.344 e. The molecule has 340 valence electrons. The van der Waals surface area contributed by atoms with Crippen LogP contribution in [0.2, 0.25) is 0 Å². The monoisotopic (exact) mass is 933 g/mol. The van der Waals surface area contributed by atoms with Crippen molar-refractivity contribution in [3.8, 4) is 0 Å². The molecule has 0 aliphatic carbocycles. The number of likely N-dealkylation sites (tertiary alicyclic amines) is 1. The van der Waals surface area contributed by atoms with Gasteiger partial charge in [0.25, 0.3) is 29.5 Å². The molecule has 4 aliphatic rings. The van der Waals surface area contributed by atoms with Gasteiger partial charge in [-0.2, -0.15) is 0 Å². The molecule has 4 N–H and O–H groups in total. The molecule has 2 aromatic heterocycles. The van der Waals surface area contributed by atoms with Crippen molar-refractivity contribution in [3.05, 3.63) is 108 Å². The summed E-state index contributed by atoms with van der Waals surface area (Å²) in [6, 6.07) is 10.5. The number of imide groups is 2. The van der Waals surface area contributed by atoms with Crippen LogP contribution in [-0.4, -0.2) is 98.1 Å². The lowest BCUT2D eigenvalue weighted by Gasteiger charge is -2.35. The molecule has 2 fully saturated rings. The number of ketones is 2. The molecule has 18 nitrogen and oxygen atoms in total. The summed E-state index contributed by atoms with van der Waals surface area (Å²) in [5.41, 5.74) is 3.14. The smallest absolute Gasteiger partial charge is 0.292 e. The van der Waals surface area contributed by atoms with Crippen LogP contribution in [0.4, 0.5) is 5.69 Å². The molecule has 6 heterocycles. The molecule has 0 bridgehead atoms. The van der Waals surface area contributed by atoms with Crippen LogP contribution in [0.1, 0.15) is 114 Å². The highest BCUT2D eigenvalue weighted by Gasteiger charge is 2.45. The Labute approximate surface area is 385 Å². The molecule has 2 unspecified atom stereocenters. The Bertz CT molecular complexity index is 2790. The highest BCUT2D eigenvalue weighted by molar-refractivity contribution is 7.10. The van der Waals surface area contributed by atoms with Crippen LogP contribution in [0.15, 0.2) is 59.3 Å². The number of anilines is 1. The van der Waals surface area contributed by atoms with Crippen LogP contribution in [-0.2, 0) is 65.2 Å². The highest BCUT2D eigenvalue weighted by Crippen LogP contribution is 2.36. The lowest BCUT2D eigenvalue weighted by atomic mass is 9.86. The van der Waals surface area contributed by atoms with E-state index in [-0.39, 0.29) is 80.0 Å². The van der Waals surface area contributed by atoms with Gasteiger partial charge in [-0.05, 0) is 65.3 Å². The molecule has 8 rings (SSSR count). The van der Waals surface area contributed by atoms with E-state index in [1.807, 2.05) is 26.8 Å². The van der Waals surface area contributed by atoms with Crippen LogP contribution in [0.5, 0.6) is 0 Å². The van der Waals surface area contributed by atoms with Gasteiger partial charge in [-0.3, -0.25) is 63.0 Å². The van der Waals surface area contributed by atoms with Crippen molar-refractivity contribution in [2.45, 2.75) is 90.1 Å². The maximum absolute atomic E-state index is 13.7. The number of carbonyl (C=O) groups is 11. The molecule has 20 heteroatoms. The van der Waals surface area contributed by atoms with Crippen molar-refractivity contribution in [2.75, 3.05) is 11.9 Å². The molecule has 66 heavy (non-hydrogen) atoms. The summed E-state index contributed by atoms with van der Waals surface area (Å²) in [5.74, 6) is -7.04. The van der Waals surface area contributed by atoms with Gasteiger partial charge in [-0.15, -0.1) is 22.7 Å². The van der Waals surface area contributed by atoms with E-state index in [1.165, 1.54) is 56.7 Å². The quantitative estimate of drug-likeness (QED) is 0.0863. The van der Waals surface area contributed by atoms with Gasteiger partial charge in [0.1, 0.15) is 18.6 Å². The predicted molar refractivity (Wildman–Crippen MR) is 237 cm³/mol. The third kappa shape index (κ3) is 8.92. The molecule has 0 saturated carbocycles. The van der Waals surface area contributed by atoms with Crippen molar-refractivity contribution >= 4 is 93.1 Å². The van der Waals surface area contributed by atoms with Gasteiger partial charge >= 0.3 is 0 Å².